The minimum absolute atomic E-state index is 0.00721. The summed E-state index contributed by atoms with van der Waals surface area (Å²) in [4.78, 5) is 12.3. The van der Waals surface area contributed by atoms with E-state index in [0.29, 0.717) is 10.2 Å². The topological polar surface area (TPSA) is 64.7 Å². The van der Waals surface area contributed by atoms with Gasteiger partial charge in [0.15, 0.2) is 17.2 Å². The van der Waals surface area contributed by atoms with Crippen molar-refractivity contribution in [1.29, 1.82) is 0 Å². The average molecular weight is 436 g/mol. The van der Waals surface area contributed by atoms with Gasteiger partial charge in [0, 0.05) is 18.8 Å². The smallest absolute Gasteiger partial charge is 0.302 e. The average Bonchev–Trinajstić information content (AvgIpc) is 3.08. The number of carbonyl (C=O) groups is 1. The van der Waals surface area contributed by atoms with Crippen LogP contribution in [-0.4, -0.2) is 25.5 Å². The zero-order valence-corrected chi connectivity index (χ0v) is 15.6. The Kier molecular flexibility index (Phi) is 5.35. The number of benzene rings is 1. The molecule has 2 aromatic heterocycles. The monoisotopic (exact) mass is 435 g/mol. The third-order valence-electron chi connectivity index (χ3n) is 3.71. The zero-order chi connectivity index (χ0) is 20.6. The van der Waals surface area contributed by atoms with Crippen LogP contribution >= 0.6 is 23.2 Å². The standard InChI is InChI=1S/C16H11Cl2F4N5O/c1-26-13(16(20,21)22)11(18)12(24-26)15(28)23-14-9(17)7-27(25-14)6-8-4-2-3-5-10(8)19/h2-5,7H,6H2,1H3,(H,23,25,28). The molecule has 3 rings (SSSR count). The van der Waals surface area contributed by atoms with Crippen LogP contribution in [0.1, 0.15) is 21.7 Å². The highest BCUT2D eigenvalue weighted by atomic mass is 35.5. The molecule has 0 atom stereocenters. The number of aryl methyl sites for hydroxylation is 1. The normalized spacial score (nSPS) is 11.7. The second-order valence-corrected chi connectivity index (χ2v) is 6.49. The molecular weight excluding hydrogens is 425 g/mol. The fourth-order valence-corrected chi connectivity index (χ4v) is 3.03. The maximum absolute atomic E-state index is 13.7. The van der Waals surface area contributed by atoms with Crippen molar-refractivity contribution >= 4 is 34.9 Å². The Morgan fingerprint density at radius 1 is 1.21 bits per heavy atom. The van der Waals surface area contributed by atoms with Crippen molar-refractivity contribution in [2.45, 2.75) is 12.7 Å². The first-order valence-corrected chi connectivity index (χ1v) is 8.41. The van der Waals surface area contributed by atoms with Crippen LogP contribution in [0.4, 0.5) is 23.4 Å². The molecule has 0 bridgehead atoms. The number of nitrogens with one attached hydrogen (secondary N) is 1. The van der Waals surface area contributed by atoms with Gasteiger partial charge in [-0.25, -0.2) is 4.39 Å². The lowest BCUT2D eigenvalue weighted by Crippen LogP contribution is -2.14. The molecule has 1 aromatic carbocycles. The molecule has 0 radical (unpaired) electrons. The first kappa shape index (κ1) is 20.2. The van der Waals surface area contributed by atoms with Crippen molar-refractivity contribution in [2.75, 3.05) is 5.32 Å². The summed E-state index contributed by atoms with van der Waals surface area (Å²) in [5.74, 6) is -1.59. The molecule has 0 spiro atoms. The highest BCUT2D eigenvalue weighted by molar-refractivity contribution is 6.36. The molecule has 1 amide bonds. The van der Waals surface area contributed by atoms with Crippen LogP contribution in [0.2, 0.25) is 10.0 Å². The summed E-state index contributed by atoms with van der Waals surface area (Å²) < 4.78 is 54.4. The fraction of sp³-hybridized carbons (Fsp3) is 0.188. The van der Waals surface area contributed by atoms with Crippen molar-refractivity contribution in [3.63, 3.8) is 0 Å². The molecule has 0 aliphatic rings. The number of carbonyl (C=O) groups excluding carboxylic acids is 1. The van der Waals surface area contributed by atoms with Gasteiger partial charge in [-0.2, -0.15) is 23.4 Å². The Hall–Kier alpha value is -2.59. The molecule has 2 heterocycles. The summed E-state index contributed by atoms with van der Waals surface area (Å²) in [6.45, 7) is 0.0326. The van der Waals surface area contributed by atoms with Crippen LogP contribution in [0.3, 0.4) is 0 Å². The summed E-state index contributed by atoms with van der Waals surface area (Å²) in [7, 11) is 1.02. The van der Waals surface area contributed by atoms with E-state index in [1.807, 2.05) is 0 Å². The molecule has 28 heavy (non-hydrogen) atoms. The maximum atomic E-state index is 13.7. The van der Waals surface area contributed by atoms with Crippen molar-refractivity contribution in [3.05, 3.63) is 63.3 Å². The summed E-state index contributed by atoms with van der Waals surface area (Å²) in [5, 5.41) is 8.94. The molecule has 0 aliphatic carbocycles. The number of anilines is 1. The van der Waals surface area contributed by atoms with Crippen molar-refractivity contribution in [2.24, 2.45) is 7.05 Å². The van der Waals surface area contributed by atoms with E-state index in [-0.39, 0.29) is 17.4 Å². The van der Waals surface area contributed by atoms with Gasteiger partial charge in [-0.1, -0.05) is 41.4 Å². The molecule has 0 fully saturated rings. The van der Waals surface area contributed by atoms with Gasteiger partial charge >= 0.3 is 6.18 Å². The Labute approximate surface area is 165 Å². The first-order chi connectivity index (χ1) is 13.1. The van der Waals surface area contributed by atoms with E-state index in [9.17, 15) is 22.4 Å². The summed E-state index contributed by atoms with van der Waals surface area (Å²) >= 11 is 11.7. The van der Waals surface area contributed by atoms with Gasteiger partial charge in [0.2, 0.25) is 0 Å². The van der Waals surface area contributed by atoms with Crippen LogP contribution in [-0.2, 0) is 19.8 Å². The third kappa shape index (κ3) is 3.97. The molecule has 0 saturated heterocycles. The number of amides is 1. The summed E-state index contributed by atoms with van der Waals surface area (Å²) in [6.07, 6.45) is -3.44. The van der Waals surface area contributed by atoms with E-state index in [4.69, 9.17) is 23.2 Å². The lowest BCUT2D eigenvalue weighted by atomic mass is 10.2. The Bertz CT molecular complexity index is 1040. The zero-order valence-electron chi connectivity index (χ0n) is 14.1. The molecular formula is C16H11Cl2F4N5O. The molecule has 148 valence electrons. The van der Waals surface area contributed by atoms with Crippen molar-refractivity contribution in [1.82, 2.24) is 19.6 Å². The van der Waals surface area contributed by atoms with Gasteiger partial charge in [0.05, 0.1) is 6.54 Å². The molecule has 0 saturated carbocycles. The summed E-state index contributed by atoms with van der Waals surface area (Å²) in [6, 6.07) is 6.01. The number of rotatable bonds is 4. The van der Waals surface area contributed by atoms with Gasteiger partial charge in [0.25, 0.3) is 5.91 Å². The lowest BCUT2D eigenvalue weighted by Gasteiger charge is -2.06. The minimum Gasteiger partial charge on any atom is -0.302 e. The summed E-state index contributed by atoms with van der Waals surface area (Å²) in [5.41, 5.74) is -1.55. The Morgan fingerprint density at radius 3 is 2.50 bits per heavy atom. The predicted molar refractivity (Wildman–Crippen MR) is 93.9 cm³/mol. The van der Waals surface area contributed by atoms with Crippen molar-refractivity contribution in [3.8, 4) is 0 Å². The SMILES string of the molecule is Cn1nc(C(=O)Nc2nn(Cc3ccccc3F)cc2Cl)c(Cl)c1C(F)(F)F. The first-order valence-electron chi connectivity index (χ1n) is 7.65. The lowest BCUT2D eigenvalue weighted by molar-refractivity contribution is -0.143. The number of halogens is 6. The van der Waals surface area contributed by atoms with Crippen LogP contribution in [0.15, 0.2) is 30.5 Å². The number of nitrogens with zero attached hydrogens (tertiary/aromatic N) is 4. The van der Waals surface area contributed by atoms with E-state index in [0.717, 1.165) is 7.05 Å². The van der Waals surface area contributed by atoms with Crippen LogP contribution < -0.4 is 5.32 Å². The molecule has 1 N–H and O–H groups in total. The third-order valence-corrected chi connectivity index (χ3v) is 4.35. The van der Waals surface area contributed by atoms with E-state index in [1.165, 1.54) is 23.0 Å². The van der Waals surface area contributed by atoms with Gasteiger partial charge in [0.1, 0.15) is 15.9 Å². The fourth-order valence-electron chi connectivity index (χ4n) is 2.48. The molecule has 0 aliphatic heterocycles. The maximum Gasteiger partial charge on any atom is 0.434 e. The largest absolute Gasteiger partial charge is 0.434 e. The highest BCUT2D eigenvalue weighted by Crippen LogP contribution is 2.36. The molecule has 12 heteroatoms. The van der Waals surface area contributed by atoms with E-state index < -0.39 is 34.3 Å². The second-order valence-electron chi connectivity index (χ2n) is 5.70. The molecule has 6 nitrogen and oxygen atoms in total. The number of hydrogen-bond acceptors (Lipinski definition) is 3. The van der Waals surface area contributed by atoms with E-state index >= 15 is 0 Å². The van der Waals surface area contributed by atoms with Crippen LogP contribution in [0, 0.1) is 5.82 Å². The van der Waals surface area contributed by atoms with Gasteiger partial charge in [-0.05, 0) is 6.07 Å². The van der Waals surface area contributed by atoms with E-state index in [1.54, 1.807) is 12.1 Å². The van der Waals surface area contributed by atoms with Gasteiger partial charge in [-0.15, -0.1) is 0 Å². The minimum atomic E-state index is -4.78. The number of alkyl halides is 3. The quantitative estimate of drug-likeness (QED) is 0.618. The number of aromatic nitrogens is 4. The molecule has 0 unspecified atom stereocenters. The Morgan fingerprint density at radius 2 is 1.89 bits per heavy atom. The van der Waals surface area contributed by atoms with Gasteiger partial charge in [-0.3, -0.25) is 14.2 Å². The number of hydrogen-bond donors (Lipinski definition) is 1. The van der Waals surface area contributed by atoms with E-state index in [2.05, 4.69) is 15.5 Å². The van der Waals surface area contributed by atoms with Gasteiger partial charge < -0.3 is 5.32 Å². The van der Waals surface area contributed by atoms with Crippen molar-refractivity contribution < 1.29 is 22.4 Å². The molecule has 3 aromatic rings. The predicted octanol–water partition coefficient (Wildman–Crippen LogP) is 4.38. The second kappa shape index (κ2) is 7.44. The Balaban J connectivity index is 1.82. The van der Waals surface area contributed by atoms with Crippen LogP contribution in [0.25, 0.3) is 0 Å². The highest BCUT2D eigenvalue weighted by Gasteiger charge is 2.40. The van der Waals surface area contributed by atoms with Crippen LogP contribution in [0.5, 0.6) is 0 Å².